The monoisotopic (exact) mass is 474 g/mol. The number of carboxylic acid groups (broad SMARTS) is 1. The summed E-state index contributed by atoms with van der Waals surface area (Å²) < 4.78 is 0. The fourth-order valence-electron chi connectivity index (χ4n) is 3.24. The van der Waals surface area contributed by atoms with Crippen LogP contribution in [0.2, 0.25) is 0 Å². The van der Waals surface area contributed by atoms with Gasteiger partial charge in [0.25, 0.3) is 0 Å². The van der Waals surface area contributed by atoms with Crippen molar-refractivity contribution < 1.29 is 14.7 Å². The molecular weight excluding hydrogens is 420 g/mol. The van der Waals surface area contributed by atoms with Gasteiger partial charge in [-0.25, -0.2) is 0 Å². The summed E-state index contributed by atoms with van der Waals surface area (Å²) in [5.41, 5.74) is 0. The zero-order valence-corrected chi connectivity index (χ0v) is 22.4. The Labute approximate surface area is 211 Å². The van der Waals surface area contributed by atoms with Crippen LogP contribution in [0, 0.1) is 0 Å². The van der Waals surface area contributed by atoms with Gasteiger partial charge in [0, 0.05) is 12.8 Å². The molecule has 0 aromatic heterocycles. The van der Waals surface area contributed by atoms with Gasteiger partial charge >= 0.3 is 5.97 Å². The molecule has 0 amide bonds. The molecule has 0 rings (SSSR count). The number of aldehydes is 1. The smallest absolute Gasteiger partial charge is 0.303 e. The fourth-order valence-corrected chi connectivity index (χ4v) is 3.24. The largest absolute Gasteiger partial charge is 0.481 e. The first kappa shape index (κ1) is 34.3. The average Bonchev–Trinajstić information content (AvgIpc) is 2.83. The molecule has 0 aliphatic carbocycles. The maximum absolute atomic E-state index is 10.3. The molecule has 0 atom stereocenters. The van der Waals surface area contributed by atoms with E-state index in [0.29, 0.717) is 6.42 Å². The molecule has 0 heterocycles. The Kier molecular flexibility index (Phi) is 33.5. The van der Waals surface area contributed by atoms with Crippen molar-refractivity contribution in [3.63, 3.8) is 0 Å². The van der Waals surface area contributed by atoms with Gasteiger partial charge in [0.1, 0.15) is 6.29 Å². The number of rotatable bonds is 23. The zero-order valence-electron chi connectivity index (χ0n) is 22.4. The summed E-state index contributed by atoms with van der Waals surface area (Å²) in [5.74, 6) is -0.697. The minimum atomic E-state index is -0.697. The van der Waals surface area contributed by atoms with Crippen LogP contribution >= 0.6 is 0 Å². The van der Waals surface area contributed by atoms with Gasteiger partial charge < -0.3 is 9.90 Å². The van der Waals surface area contributed by atoms with Gasteiger partial charge in [-0.15, -0.1) is 0 Å². The van der Waals surface area contributed by atoms with Crippen LogP contribution in [0.4, 0.5) is 0 Å². The minimum Gasteiger partial charge on any atom is -0.481 e. The van der Waals surface area contributed by atoms with Crippen molar-refractivity contribution in [2.75, 3.05) is 0 Å². The molecule has 0 bridgehead atoms. The topological polar surface area (TPSA) is 54.4 Å². The fraction of sp³-hybridized carbons (Fsp3) is 0.677. The Balaban J connectivity index is 0. The number of hydrogen-bond donors (Lipinski definition) is 1. The van der Waals surface area contributed by atoms with Crippen LogP contribution in [0.25, 0.3) is 0 Å². The molecule has 0 spiro atoms. The molecule has 1 N–H and O–H groups in total. The van der Waals surface area contributed by atoms with Crippen LogP contribution in [0.5, 0.6) is 0 Å². The van der Waals surface area contributed by atoms with Gasteiger partial charge in [0.15, 0.2) is 0 Å². The third-order valence-corrected chi connectivity index (χ3v) is 5.37. The summed E-state index contributed by atoms with van der Waals surface area (Å²) in [6, 6.07) is 0. The summed E-state index contributed by atoms with van der Waals surface area (Å²) >= 11 is 0. The zero-order chi connectivity index (χ0) is 25.4. The van der Waals surface area contributed by atoms with Crippen molar-refractivity contribution in [1.82, 2.24) is 0 Å². The SMILES string of the molecule is CCCC/C=C\CCC/C=C/C=C/CCCCC(=O)O.CCCCCCCC/C=C\CCC=O. The van der Waals surface area contributed by atoms with Gasteiger partial charge in [-0.1, -0.05) is 107 Å². The molecule has 0 aromatic carbocycles. The molecule has 3 nitrogen and oxygen atoms in total. The van der Waals surface area contributed by atoms with Crippen LogP contribution < -0.4 is 0 Å². The van der Waals surface area contributed by atoms with Crippen molar-refractivity contribution in [2.24, 2.45) is 0 Å². The van der Waals surface area contributed by atoms with Crippen molar-refractivity contribution in [3.8, 4) is 0 Å². The van der Waals surface area contributed by atoms with Gasteiger partial charge in [-0.3, -0.25) is 4.79 Å². The predicted molar refractivity (Wildman–Crippen MR) is 149 cm³/mol. The van der Waals surface area contributed by atoms with E-state index >= 15 is 0 Å². The normalized spacial score (nSPS) is 11.6. The second-order valence-electron chi connectivity index (χ2n) is 8.81. The molecule has 196 valence electrons. The molecule has 0 aliphatic heterocycles. The molecule has 0 saturated carbocycles. The average molecular weight is 475 g/mol. The molecule has 0 unspecified atom stereocenters. The summed E-state index contributed by atoms with van der Waals surface area (Å²) in [4.78, 5) is 20.3. The van der Waals surface area contributed by atoms with Gasteiger partial charge in [-0.05, 0) is 64.2 Å². The van der Waals surface area contributed by atoms with E-state index in [1.165, 1.54) is 77.0 Å². The number of carboxylic acids is 1. The maximum Gasteiger partial charge on any atom is 0.303 e. The number of hydrogen-bond acceptors (Lipinski definition) is 2. The second kappa shape index (κ2) is 33.3. The molecule has 0 aliphatic rings. The van der Waals surface area contributed by atoms with E-state index < -0.39 is 5.97 Å². The molecule has 0 aromatic rings. The Bertz CT molecular complexity index is 529. The van der Waals surface area contributed by atoms with Crippen LogP contribution in [0.15, 0.2) is 48.6 Å². The van der Waals surface area contributed by atoms with Crippen molar-refractivity contribution >= 4 is 12.3 Å². The third kappa shape index (κ3) is 37.4. The third-order valence-electron chi connectivity index (χ3n) is 5.37. The van der Waals surface area contributed by atoms with E-state index in [1.54, 1.807) is 0 Å². The first-order chi connectivity index (χ1) is 16.7. The van der Waals surface area contributed by atoms with Crippen LogP contribution in [-0.2, 0) is 9.59 Å². The van der Waals surface area contributed by atoms with Crippen LogP contribution in [-0.4, -0.2) is 17.4 Å². The lowest BCUT2D eigenvalue weighted by molar-refractivity contribution is -0.137. The van der Waals surface area contributed by atoms with E-state index in [-0.39, 0.29) is 6.42 Å². The minimum absolute atomic E-state index is 0.287. The summed E-state index contributed by atoms with van der Waals surface area (Å²) in [5, 5.41) is 8.48. The number of carbonyl (C=O) groups excluding carboxylic acids is 1. The highest BCUT2D eigenvalue weighted by molar-refractivity contribution is 5.66. The molecule has 0 radical (unpaired) electrons. The number of allylic oxidation sites excluding steroid dienone is 8. The van der Waals surface area contributed by atoms with Crippen molar-refractivity contribution in [2.45, 2.75) is 136 Å². The lowest BCUT2D eigenvalue weighted by Gasteiger charge is -1.97. The number of unbranched alkanes of at least 4 members (excludes halogenated alkanes) is 13. The van der Waals surface area contributed by atoms with Crippen molar-refractivity contribution in [3.05, 3.63) is 48.6 Å². The summed E-state index contributed by atoms with van der Waals surface area (Å²) in [7, 11) is 0. The molecule has 0 fully saturated rings. The lowest BCUT2D eigenvalue weighted by Crippen LogP contribution is -1.92. The summed E-state index contributed by atoms with van der Waals surface area (Å²) in [6.07, 6.45) is 39.6. The highest BCUT2D eigenvalue weighted by atomic mass is 16.4. The Morgan fingerprint density at radius 1 is 0.529 bits per heavy atom. The molecule has 0 saturated heterocycles. The van der Waals surface area contributed by atoms with Crippen molar-refractivity contribution in [1.29, 1.82) is 0 Å². The number of aliphatic carboxylic acids is 1. The second-order valence-corrected chi connectivity index (χ2v) is 8.81. The first-order valence-corrected chi connectivity index (χ1v) is 14.0. The van der Waals surface area contributed by atoms with Crippen LogP contribution in [0.1, 0.15) is 136 Å². The van der Waals surface area contributed by atoms with E-state index in [2.05, 4.69) is 62.5 Å². The Hall–Kier alpha value is -1.90. The highest BCUT2D eigenvalue weighted by Crippen LogP contribution is 2.07. The molecular formula is C31H54O3. The first-order valence-electron chi connectivity index (χ1n) is 14.0. The summed E-state index contributed by atoms with van der Waals surface area (Å²) in [6.45, 7) is 4.47. The molecule has 34 heavy (non-hydrogen) atoms. The van der Waals surface area contributed by atoms with Gasteiger partial charge in [-0.2, -0.15) is 0 Å². The quantitative estimate of drug-likeness (QED) is 0.0693. The lowest BCUT2D eigenvalue weighted by atomic mass is 10.1. The Morgan fingerprint density at radius 3 is 1.62 bits per heavy atom. The van der Waals surface area contributed by atoms with Gasteiger partial charge in [0.2, 0.25) is 0 Å². The van der Waals surface area contributed by atoms with E-state index in [4.69, 9.17) is 5.11 Å². The Morgan fingerprint density at radius 2 is 1.00 bits per heavy atom. The van der Waals surface area contributed by atoms with E-state index in [0.717, 1.165) is 38.4 Å². The van der Waals surface area contributed by atoms with Gasteiger partial charge in [0.05, 0.1) is 0 Å². The number of carbonyl (C=O) groups is 2. The van der Waals surface area contributed by atoms with E-state index in [9.17, 15) is 9.59 Å². The highest BCUT2D eigenvalue weighted by Gasteiger charge is 1.93. The maximum atomic E-state index is 10.3. The molecule has 3 heteroatoms. The standard InChI is InChI=1S/C18H30O2.C13H24O/c1-2-3-4-5-6-7-8-9-10-11-12-13-14-15-16-17-18(19)20;1-2-3-4-5-6-7-8-9-10-11-12-13-14/h5-6,10-13H,2-4,7-9,14-17H2,1H3,(H,19,20);9-10,13H,2-8,11-12H2,1H3/b6-5-,11-10+,13-12+;10-9-. The van der Waals surface area contributed by atoms with E-state index in [1.807, 2.05) is 0 Å². The predicted octanol–water partition coefficient (Wildman–Crippen LogP) is 9.93. The van der Waals surface area contributed by atoms with Crippen LogP contribution in [0.3, 0.4) is 0 Å².